The predicted octanol–water partition coefficient (Wildman–Crippen LogP) is 3.63. The number of nitrogens with zero attached hydrogens (tertiary/aromatic N) is 5. The summed E-state index contributed by atoms with van der Waals surface area (Å²) in [6.07, 6.45) is 6.96. The Morgan fingerprint density at radius 3 is 2.54 bits per heavy atom. The molecule has 1 spiro atoms. The maximum atomic E-state index is 13.2. The molecule has 208 valence electrons. The zero-order chi connectivity index (χ0) is 27.9. The van der Waals surface area contributed by atoms with Crippen LogP contribution in [0.25, 0.3) is 22.0 Å². The minimum absolute atomic E-state index is 0.137. The summed E-state index contributed by atoms with van der Waals surface area (Å²) in [7, 11) is 3.52. The number of carbonyl (C=O) groups excluding carboxylic acids is 1. The van der Waals surface area contributed by atoms with Gasteiger partial charge in [-0.05, 0) is 57.1 Å². The highest BCUT2D eigenvalue weighted by molar-refractivity contribution is 7.90. The molecule has 2 aromatic heterocycles. The number of ether oxygens (including phenoxy) is 1. The van der Waals surface area contributed by atoms with Crippen molar-refractivity contribution in [1.29, 1.82) is 0 Å². The van der Waals surface area contributed by atoms with Crippen LogP contribution in [-0.4, -0.2) is 81.4 Å². The molecule has 39 heavy (non-hydrogen) atoms. The number of amides is 1. The number of hydrogen-bond donors (Lipinski definition) is 1. The number of anilines is 2. The molecule has 0 saturated heterocycles. The van der Waals surface area contributed by atoms with Crippen molar-refractivity contribution in [1.82, 2.24) is 19.2 Å². The van der Waals surface area contributed by atoms with Gasteiger partial charge in [0.05, 0.1) is 29.4 Å². The molecule has 11 heteroatoms. The molecule has 0 unspecified atom stereocenters. The van der Waals surface area contributed by atoms with Crippen LogP contribution in [0.1, 0.15) is 38.2 Å². The first kappa shape index (κ1) is 27.3. The van der Waals surface area contributed by atoms with E-state index in [2.05, 4.69) is 19.6 Å². The van der Waals surface area contributed by atoms with E-state index in [-0.39, 0.29) is 17.5 Å². The molecule has 10 nitrogen and oxygen atoms in total. The lowest BCUT2D eigenvalue weighted by Gasteiger charge is -2.37. The van der Waals surface area contributed by atoms with E-state index < -0.39 is 15.6 Å². The summed E-state index contributed by atoms with van der Waals surface area (Å²) in [5, 5.41) is 0.944. The van der Waals surface area contributed by atoms with E-state index in [1.165, 1.54) is 11.4 Å². The number of likely N-dealkylation sites (N-methyl/N-ethyl adjacent to an activating group) is 1. The lowest BCUT2D eigenvalue weighted by molar-refractivity contribution is -0.125. The number of carbonyl (C=O) groups is 1. The van der Waals surface area contributed by atoms with Gasteiger partial charge in [0.2, 0.25) is 11.8 Å². The molecule has 0 atom stereocenters. The van der Waals surface area contributed by atoms with Crippen LogP contribution in [0.5, 0.6) is 5.88 Å². The van der Waals surface area contributed by atoms with Crippen LogP contribution in [0.15, 0.2) is 36.7 Å². The lowest BCUT2D eigenvalue weighted by atomic mass is 9.64. The number of nitrogens with one attached hydrogen (secondary N) is 1. The van der Waals surface area contributed by atoms with Crippen LogP contribution in [0.2, 0.25) is 0 Å². The molecule has 3 heterocycles. The molecule has 1 aliphatic heterocycles. The summed E-state index contributed by atoms with van der Waals surface area (Å²) in [5.41, 5.74) is 4.12. The van der Waals surface area contributed by atoms with E-state index in [0.29, 0.717) is 13.2 Å². The first-order chi connectivity index (χ1) is 18.6. The second kappa shape index (κ2) is 10.4. The molecule has 2 aliphatic rings. The van der Waals surface area contributed by atoms with Gasteiger partial charge in [-0.15, -0.1) is 0 Å². The maximum Gasteiger partial charge on any atom is 0.301 e. The Morgan fingerprint density at radius 1 is 1.10 bits per heavy atom. The van der Waals surface area contributed by atoms with E-state index >= 15 is 0 Å². The molecule has 1 amide bonds. The molecule has 1 aromatic carbocycles. The quantitative estimate of drug-likeness (QED) is 0.383. The van der Waals surface area contributed by atoms with Gasteiger partial charge < -0.3 is 14.5 Å². The summed E-state index contributed by atoms with van der Waals surface area (Å²) in [6.45, 7) is 3.33. The van der Waals surface area contributed by atoms with E-state index in [4.69, 9.17) is 4.74 Å². The Kier molecular flexibility index (Phi) is 7.25. The highest BCUT2D eigenvalue weighted by Crippen LogP contribution is 2.55. The van der Waals surface area contributed by atoms with Gasteiger partial charge in [-0.25, -0.2) is 4.98 Å². The van der Waals surface area contributed by atoms with E-state index in [9.17, 15) is 13.2 Å². The minimum atomic E-state index is -3.79. The fourth-order valence-electron chi connectivity index (χ4n) is 5.39. The molecule has 0 bridgehead atoms. The second-order valence-electron chi connectivity index (χ2n) is 10.7. The van der Waals surface area contributed by atoms with Crippen molar-refractivity contribution in [3.8, 4) is 17.0 Å². The van der Waals surface area contributed by atoms with Crippen LogP contribution in [0.4, 0.5) is 11.4 Å². The van der Waals surface area contributed by atoms with Gasteiger partial charge in [0.1, 0.15) is 5.69 Å². The van der Waals surface area contributed by atoms with Gasteiger partial charge in [-0.2, -0.15) is 12.7 Å². The van der Waals surface area contributed by atoms with Crippen molar-refractivity contribution in [3.05, 3.63) is 42.2 Å². The number of fused-ring (bicyclic) bond motifs is 4. The Hall–Kier alpha value is -3.28. The standard InChI is InChI=1S/C28H36N6O4S/c1-6-33(4)39(36,37)31-23-16-20(17-30-26(23)38-14-8-13-32(2)3)19-9-10-22-21(15-19)25-24(18-29-22)34(5)27(35)28(25)11-7-12-28/h9-10,15-18,31H,6-8,11-14H2,1-5H3. The van der Waals surface area contributed by atoms with E-state index in [1.54, 1.807) is 30.3 Å². The van der Waals surface area contributed by atoms with Crippen molar-refractivity contribution < 1.29 is 17.9 Å². The van der Waals surface area contributed by atoms with Crippen LogP contribution in [-0.2, 0) is 20.4 Å². The first-order valence-corrected chi connectivity index (χ1v) is 14.7. The third kappa shape index (κ3) is 4.83. The van der Waals surface area contributed by atoms with Gasteiger partial charge in [-0.3, -0.25) is 14.5 Å². The molecular formula is C28H36N6O4S. The summed E-state index contributed by atoms with van der Waals surface area (Å²) in [5.74, 6) is 0.368. The molecule has 1 N–H and O–H groups in total. The molecule has 1 aliphatic carbocycles. The molecule has 3 aromatic rings. The Labute approximate surface area is 230 Å². The minimum Gasteiger partial charge on any atom is -0.476 e. The van der Waals surface area contributed by atoms with Crippen LogP contribution < -0.4 is 14.4 Å². The Balaban J connectivity index is 1.55. The third-order valence-corrected chi connectivity index (χ3v) is 9.43. The maximum absolute atomic E-state index is 13.2. The van der Waals surface area contributed by atoms with Gasteiger partial charge >= 0.3 is 10.2 Å². The van der Waals surface area contributed by atoms with Crippen molar-refractivity contribution in [2.24, 2.45) is 0 Å². The van der Waals surface area contributed by atoms with Gasteiger partial charge in [0, 0.05) is 49.9 Å². The number of benzene rings is 1. The van der Waals surface area contributed by atoms with Crippen molar-refractivity contribution in [2.45, 2.75) is 38.0 Å². The van der Waals surface area contributed by atoms with Gasteiger partial charge in [-0.1, -0.05) is 19.4 Å². The normalized spacial score (nSPS) is 16.3. The fourth-order valence-corrected chi connectivity index (χ4v) is 6.31. The molecule has 0 radical (unpaired) electrons. The molecule has 5 rings (SSSR count). The fraction of sp³-hybridized carbons (Fsp3) is 0.464. The van der Waals surface area contributed by atoms with Crippen molar-refractivity contribution in [2.75, 3.05) is 57.5 Å². The Morgan fingerprint density at radius 2 is 1.87 bits per heavy atom. The molecule has 1 saturated carbocycles. The average Bonchev–Trinajstić information content (AvgIpc) is 3.13. The zero-order valence-electron chi connectivity index (χ0n) is 23.2. The topological polar surface area (TPSA) is 108 Å². The van der Waals surface area contributed by atoms with Crippen molar-refractivity contribution >= 4 is 38.4 Å². The van der Waals surface area contributed by atoms with E-state index in [1.807, 2.05) is 39.3 Å². The Bertz CT molecular complexity index is 1520. The van der Waals surface area contributed by atoms with Crippen molar-refractivity contribution in [3.63, 3.8) is 0 Å². The third-order valence-electron chi connectivity index (χ3n) is 7.88. The van der Waals surface area contributed by atoms with Crippen LogP contribution >= 0.6 is 0 Å². The summed E-state index contributed by atoms with van der Waals surface area (Å²) in [6, 6.07) is 7.68. The predicted molar refractivity (Wildman–Crippen MR) is 153 cm³/mol. The van der Waals surface area contributed by atoms with Gasteiger partial charge in [0.25, 0.3) is 0 Å². The van der Waals surface area contributed by atoms with Crippen LogP contribution in [0, 0.1) is 0 Å². The largest absolute Gasteiger partial charge is 0.476 e. The first-order valence-electron chi connectivity index (χ1n) is 13.3. The van der Waals surface area contributed by atoms with Crippen LogP contribution in [0.3, 0.4) is 0 Å². The number of aromatic nitrogens is 2. The highest BCUT2D eigenvalue weighted by Gasteiger charge is 2.54. The number of hydrogen-bond acceptors (Lipinski definition) is 7. The summed E-state index contributed by atoms with van der Waals surface area (Å²) < 4.78 is 35.6. The van der Waals surface area contributed by atoms with Gasteiger partial charge in [0.15, 0.2) is 0 Å². The SMILES string of the molecule is CCN(C)S(=O)(=O)Nc1cc(-c2ccc3ncc4c(c3c2)C2(CCC2)C(=O)N4C)cnc1OCCCN(C)C. The monoisotopic (exact) mass is 552 g/mol. The zero-order valence-corrected chi connectivity index (χ0v) is 24.0. The summed E-state index contributed by atoms with van der Waals surface area (Å²) >= 11 is 0. The highest BCUT2D eigenvalue weighted by atomic mass is 32.2. The van der Waals surface area contributed by atoms with E-state index in [0.717, 1.165) is 65.5 Å². The molecular weight excluding hydrogens is 516 g/mol. The molecule has 1 fully saturated rings. The summed E-state index contributed by atoms with van der Waals surface area (Å²) in [4.78, 5) is 26.1. The second-order valence-corrected chi connectivity index (χ2v) is 12.4. The number of rotatable bonds is 10. The average molecular weight is 553 g/mol. The number of pyridine rings is 2. The smallest absolute Gasteiger partial charge is 0.301 e. The lowest BCUT2D eigenvalue weighted by Crippen LogP contribution is -2.43.